The first-order valence-corrected chi connectivity index (χ1v) is 8.29. The van der Waals surface area contributed by atoms with Gasteiger partial charge in [0.25, 0.3) is 0 Å². The van der Waals surface area contributed by atoms with Gasteiger partial charge in [-0.05, 0) is 42.8 Å². The number of ketones is 1. The van der Waals surface area contributed by atoms with Crippen LogP contribution < -0.4 is 5.32 Å². The van der Waals surface area contributed by atoms with Crippen LogP contribution in [0.1, 0.15) is 22.8 Å². The van der Waals surface area contributed by atoms with Gasteiger partial charge in [-0.25, -0.2) is 9.50 Å². The van der Waals surface area contributed by atoms with E-state index in [4.69, 9.17) is 0 Å². The van der Waals surface area contributed by atoms with E-state index in [9.17, 15) is 4.79 Å². The van der Waals surface area contributed by atoms with Gasteiger partial charge >= 0.3 is 0 Å². The lowest BCUT2D eigenvalue weighted by Gasteiger charge is -2.07. The second-order valence-electron chi connectivity index (χ2n) is 5.98. The first kappa shape index (κ1) is 16.0. The number of carbonyl (C=O) groups excluding carboxylic acids is 1. The van der Waals surface area contributed by atoms with Crippen molar-refractivity contribution in [3.63, 3.8) is 0 Å². The van der Waals surface area contributed by atoms with Crippen molar-refractivity contribution in [2.24, 2.45) is 0 Å². The minimum atomic E-state index is 0.0355. The van der Waals surface area contributed by atoms with Crippen LogP contribution in [0.2, 0.25) is 0 Å². The van der Waals surface area contributed by atoms with Gasteiger partial charge in [0.1, 0.15) is 5.82 Å². The molecule has 1 N–H and O–H groups in total. The van der Waals surface area contributed by atoms with Gasteiger partial charge in [-0.1, -0.05) is 18.2 Å². The molecule has 128 valence electrons. The molecule has 0 amide bonds. The Labute approximate surface area is 150 Å². The fourth-order valence-corrected chi connectivity index (χ4v) is 2.76. The third-order valence-corrected chi connectivity index (χ3v) is 4.15. The van der Waals surface area contributed by atoms with Gasteiger partial charge in [-0.15, -0.1) is 5.10 Å². The highest BCUT2D eigenvalue weighted by Crippen LogP contribution is 2.22. The first-order chi connectivity index (χ1) is 12.7. The zero-order valence-electron chi connectivity index (χ0n) is 14.3. The van der Waals surface area contributed by atoms with Crippen LogP contribution in [-0.4, -0.2) is 25.4 Å². The largest absolute Gasteiger partial charge is 0.365 e. The minimum Gasteiger partial charge on any atom is -0.365 e. The number of pyridine rings is 1. The maximum atomic E-state index is 11.7. The van der Waals surface area contributed by atoms with Crippen molar-refractivity contribution >= 4 is 17.2 Å². The van der Waals surface area contributed by atoms with Gasteiger partial charge in [-0.2, -0.15) is 0 Å². The molecule has 1 aromatic carbocycles. The van der Waals surface area contributed by atoms with Crippen LogP contribution >= 0.6 is 0 Å². The van der Waals surface area contributed by atoms with Crippen LogP contribution in [0.15, 0.2) is 67.1 Å². The maximum absolute atomic E-state index is 11.7. The lowest BCUT2D eigenvalue weighted by molar-refractivity contribution is 0.101. The molecule has 4 rings (SSSR count). The number of imidazole rings is 1. The molecule has 0 unspecified atom stereocenters. The second-order valence-corrected chi connectivity index (χ2v) is 5.98. The fourth-order valence-electron chi connectivity index (χ4n) is 2.76. The molecule has 0 fully saturated rings. The molecule has 0 saturated heterocycles. The van der Waals surface area contributed by atoms with E-state index in [0.717, 1.165) is 28.3 Å². The topological polar surface area (TPSA) is 72.2 Å². The summed E-state index contributed by atoms with van der Waals surface area (Å²) < 4.78 is 1.79. The molecule has 0 aliphatic carbocycles. The van der Waals surface area contributed by atoms with Crippen molar-refractivity contribution in [1.29, 1.82) is 0 Å². The summed E-state index contributed by atoms with van der Waals surface area (Å²) in [5.74, 6) is 0.782. The number of nitrogens with zero attached hydrogens (tertiary/aromatic N) is 4. The summed E-state index contributed by atoms with van der Waals surface area (Å²) in [5, 5.41) is 7.95. The Kier molecular flexibility index (Phi) is 4.15. The van der Waals surface area contributed by atoms with Crippen LogP contribution in [0.5, 0.6) is 0 Å². The lowest BCUT2D eigenvalue weighted by Crippen LogP contribution is -2.04. The molecular weight excluding hydrogens is 326 g/mol. The van der Waals surface area contributed by atoms with Crippen LogP contribution in [0.3, 0.4) is 0 Å². The van der Waals surface area contributed by atoms with Gasteiger partial charge in [-0.3, -0.25) is 9.78 Å². The maximum Gasteiger partial charge on any atom is 0.159 e. The van der Waals surface area contributed by atoms with Gasteiger partial charge in [0, 0.05) is 30.1 Å². The molecule has 6 heteroatoms. The van der Waals surface area contributed by atoms with Crippen molar-refractivity contribution < 1.29 is 4.79 Å². The molecule has 0 aliphatic heterocycles. The van der Waals surface area contributed by atoms with E-state index in [1.54, 1.807) is 30.0 Å². The monoisotopic (exact) mass is 343 g/mol. The summed E-state index contributed by atoms with van der Waals surface area (Å²) in [6.45, 7) is 2.22. The average Bonchev–Trinajstić information content (AvgIpc) is 3.10. The number of hydrogen-bond donors (Lipinski definition) is 1. The molecule has 4 aromatic rings. The van der Waals surface area contributed by atoms with Crippen molar-refractivity contribution in [2.75, 3.05) is 5.32 Å². The first-order valence-electron chi connectivity index (χ1n) is 8.29. The van der Waals surface area contributed by atoms with Crippen LogP contribution in [0.4, 0.5) is 5.82 Å². The summed E-state index contributed by atoms with van der Waals surface area (Å²) in [6.07, 6.45) is 5.31. The molecule has 0 aliphatic rings. The summed E-state index contributed by atoms with van der Waals surface area (Å²) >= 11 is 0. The number of fused-ring (bicyclic) bond motifs is 1. The SMILES string of the molecule is CC(=O)c1cccc(-c2cnc3ccc(NCc4ccncc4)nn23)c1. The van der Waals surface area contributed by atoms with Crippen LogP contribution in [-0.2, 0) is 6.54 Å². The Bertz CT molecular complexity index is 1070. The number of rotatable bonds is 5. The van der Waals surface area contributed by atoms with Crippen molar-refractivity contribution in [3.8, 4) is 11.3 Å². The Balaban J connectivity index is 1.66. The van der Waals surface area contributed by atoms with Crippen LogP contribution in [0.25, 0.3) is 16.9 Å². The second kappa shape index (κ2) is 6.76. The number of Topliss-reactive ketones (excluding diaryl/α,β-unsaturated/α-hetero) is 1. The molecule has 26 heavy (non-hydrogen) atoms. The van der Waals surface area contributed by atoms with E-state index in [0.29, 0.717) is 12.1 Å². The van der Waals surface area contributed by atoms with Crippen molar-refractivity contribution in [2.45, 2.75) is 13.5 Å². The molecule has 0 saturated carbocycles. The highest BCUT2D eigenvalue weighted by Gasteiger charge is 2.10. The summed E-state index contributed by atoms with van der Waals surface area (Å²) in [6, 6.07) is 15.2. The van der Waals surface area contributed by atoms with Gasteiger partial charge < -0.3 is 5.32 Å². The molecule has 0 bridgehead atoms. The zero-order chi connectivity index (χ0) is 17.9. The van der Waals surface area contributed by atoms with E-state index in [2.05, 4.69) is 20.4 Å². The van der Waals surface area contributed by atoms with Crippen molar-refractivity contribution in [1.82, 2.24) is 19.6 Å². The quantitative estimate of drug-likeness (QED) is 0.561. The Hall–Kier alpha value is -3.54. The Morgan fingerprint density at radius 3 is 2.77 bits per heavy atom. The molecule has 6 nitrogen and oxygen atoms in total. The fraction of sp³-hybridized carbons (Fsp3) is 0.100. The normalized spacial score (nSPS) is 10.8. The predicted octanol–water partition coefficient (Wildman–Crippen LogP) is 3.61. The summed E-state index contributed by atoms with van der Waals surface area (Å²) in [4.78, 5) is 20.1. The highest BCUT2D eigenvalue weighted by molar-refractivity contribution is 5.95. The van der Waals surface area contributed by atoms with Crippen molar-refractivity contribution in [3.05, 3.63) is 78.2 Å². The standard InChI is InChI=1S/C20H17N5O/c1-14(26)16-3-2-4-17(11-16)18-13-23-20-6-5-19(24-25(18)20)22-12-15-7-9-21-10-8-15/h2-11,13H,12H2,1H3,(H,22,24). The third-order valence-electron chi connectivity index (χ3n) is 4.15. The zero-order valence-corrected chi connectivity index (χ0v) is 14.3. The minimum absolute atomic E-state index is 0.0355. The Morgan fingerprint density at radius 1 is 1.12 bits per heavy atom. The number of carbonyl (C=O) groups is 1. The van der Waals surface area contributed by atoms with Gasteiger partial charge in [0.05, 0.1) is 11.9 Å². The van der Waals surface area contributed by atoms with Gasteiger partial charge in [0.2, 0.25) is 0 Å². The van der Waals surface area contributed by atoms with E-state index >= 15 is 0 Å². The number of hydrogen-bond acceptors (Lipinski definition) is 5. The van der Waals surface area contributed by atoms with E-state index in [-0.39, 0.29) is 5.78 Å². The number of anilines is 1. The Morgan fingerprint density at radius 2 is 1.96 bits per heavy atom. The smallest absolute Gasteiger partial charge is 0.159 e. The molecule has 3 heterocycles. The number of aromatic nitrogens is 4. The van der Waals surface area contributed by atoms with Crippen LogP contribution in [0, 0.1) is 0 Å². The molecule has 0 radical (unpaired) electrons. The summed E-state index contributed by atoms with van der Waals surface area (Å²) in [5.41, 5.74) is 4.30. The molecule has 3 aromatic heterocycles. The number of nitrogens with one attached hydrogen (secondary N) is 1. The third kappa shape index (κ3) is 3.17. The predicted molar refractivity (Wildman–Crippen MR) is 100.0 cm³/mol. The number of benzene rings is 1. The molecule has 0 atom stereocenters. The summed E-state index contributed by atoms with van der Waals surface area (Å²) in [7, 11) is 0. The average molecular weight is 343 g/mol. The molecule has 0 spiro atoms. The van der Waals surface area contributed by atoms with E-state index in [1.807, 2.05) is 48.5 Å². The highest BCUT2D eigenvalue weighted by atomic mass is 16.1. The lowest BCUT2D eigenvalue weighted by atomic mass is 10.1. The van der Waals surface area contributed by atoms with E-state index in [1.165, 1.54) is 0 Å². The molecular formula is C20H17N5O. The van der Waals surface area contributed by atoms with E-state index < -0.39 is 0 Å². The van der Waals surface area contributed by atoms with Gasteiger partial charge in [0.15, 0.2) is 11.4 Å².